The van der Waals surface area contributed by atoms with E-state index in [9.17, 15) is 9.59 Å². The van der Waals surface area contributed by atoms with Gasteiger partial charge < -0.3 is 23.8 Å². The van der Waals surface area contributed by atoms with E-state index in [1.165, 1.54) is 26.2 Å². The van der Waals surface area contributed by atoms with Gasteiger partial charge >= 0.3 is 5.97 Å². The van der Waals surface area contributed by atoms with Crippen LogP contribution in [-0.2, 0) is 19.1 Å². The van der Waals surface area contributed by atoms with E-state index in [0.717, 1.165) is 0 Å². The van der Waals surface area contributed by atoms with Crippen molar-refractivity contribution in [2.75, 3.05) is 41.6 Å². The second kappa shape index (κ2) is 8.53. The molecule has 0 spiro atoms. The molecule has 0 saturated carbocycles. The Morgan fingerprint density at radius 3 is 2.46 bits per heavy atom. The van der Waals surface area contributed by atoms with E-state index in [0.29, 0.717) is 35.9 Å². The van der Waals surface area contributed by atoms with Crippen LogP contribution >= 0.6 is 0 Å². The maximum Gasteiger partial charge on any atom is 0.340 e. The summed E-state index contributed by atoms with van der Waals surface area (Å²) in [5.74, 6) is 0.157. The SMILES string of the molecule is COCCN1C(=O)/C(=C\c2cccc(OC)c2OC)C(C(=O)OC)=C1C. The minimum Gasteiger partial charge on any atom is -0.493 e. The zero-order valence-corrected chi connectivity index (χ0v) is 15.6. The number of rotatable bonds is 7. The van der Waals surface area contributed by atoms with Gasteiger partial charge in [-0.3, -0.25) is 4.79 Å². The highest BCUT2D eigenvalue weighted by atomic mass is 16.5. The van der Waals surface area contributed by atoms with E-state index in [-0.39, 0.29) is 17.1 Å². The summed E-state index contributed by atoms with van der Waals surface area (Å²) >= 11 is 0. The van der Waals surface area contributed by atoms with Crippen LogP contribution in [0.3, 0.4) is 0 Å². The average molecular weight is 361 g/mol. The van der Waals surface area contributed by atoms with Gasteiger partial charge in [-0.05, 0) is 19.1 Å². The summed E-state index contributed by atoms with van der Waals surface area (Å²) in [5.41, 5.74) is 1.64. The number of benzene rings is 1. The molecule has 1 aliphatic rings. The Kier molecular flexibility index (Phi) is 6.41. The van der Waals surface area contributed by atoms with Crippen molar-refractivity contribution >= 4 is 18.0 Å². The zero-order valence-electron chi connectivity index (χ0n) is 15.6. The van der Waals surface area contributed by atoms with Crippen molar-refractivity contribution in [3.05, 3.63) is 40.6 Å². The second-order valence-corrected chi connectivity index (χ2v) is 5.54. The molecule has 140 valence electrons. The highest BCUT2D eigenvalue weighted by molar-refractivity contribution is 6.16. The van der Waals surface area contributed by atoms with E-state index < -0.39 is 5.97 Å². The van der Waals surface area contributed by atoms with Crippen LogP contribution in [0.15, 0.2) is 35.0 Å². The number of hydrogen-bond donors (Lipinski definition) is 0. The first kappa shape index (κ1) is 19.5. The lowest BCUT2D eigenvalue weighted by atomic mass is 10.0. The number of esters is 1. The Hall–Kier alpha value is -2.80. The van der Waals surface area contributed by atoms with Crippen LogP contribution < -0.4 is 9.47 Å². The summed E-state index contributed by atoms with van der Waals surface area (Å²) in [7, 11) is 5.89. The molecule has 1 aromatic rings. The van der Waals surface area contributed by atoms with Gasteiger partial charge in [-0.2, -0.15) is 0 Å². The first-order valence-corrected chi connectivity index (χ1v) is 8.03. The standard InChI is InChI=1S/C19H23NO6/c1-12-16(19(22)26-5)14(18(21)20(12)9-10-23-2)11-13-7-6-8-15(24-3)17(13)25-4/h6-8,11H,9-10H2,1-5H3/b14-11-. The van der Waals surface area contributed by atoms with Crippen LogP contribution in [0.2, 0.25) is 0 Å². The average Bonchev–Trinajstić information content (AvgIpc) is 2.89. The molecule has 7 nitrogen and oxygen atoms in total. The number of carbonyl (C=O) groups excluding carboxylic acids is 2. The molecule has 1 heterocycles. The Morgan fingerprint density at radius 1 is 1.15 bits per heavy atom. The van der Waals surface area contributed by atoms with E-state index in [1.807, 2.05) is 0 Å². The van der Waals surface area contributed by atoms with Crippen LogP contribution in [0.4, 0.5) is 0 Å². The normalized spacial score (nSPS) is 15.7. The number of allylic oxidation sites excluding steroid dienone is 1. The van der Waals surface area contributed by atoms with E-state index in [4.69, 9.17) is 18.9 Å². The van der Waals surface area contributed by atoms with Crippen LogP contribution in [0.5, 0.6) is 11.5 Å². The summed E-state index contributed by atoms with van der Waals surface area (Å²) in [4.78, 5) is 26.7. The number of hydrogen-bond acceptors (Lipinski definition) is 6. The number of para-hydroxylation sites is 1. The summed E-state index contributed by atoms with van der Waals surface area (Å²) in [6, 6.07) is 5.32. The fourth-order valence-electron chi connectivity index (χ4n) is 2.86. The lowest BCUT2D eigenvalue weighted by molar-refractivity contribution is -0.136. The first-order chi connectivity index (χ1) is 12.5. The molecule has 0 bridgehead atoms. The number of ether oxygens (including phenoxy) is 4. The number of methoxy groups -OCH3 is 4. The predicted molar refractivity (Wildman–Crippen MR) is 95.8 cm³/mol. The van der Waals surface area contributed by atoms with Crippen molar-refractivity contribution in [3.8, 4) is 11.5 Å². The number of nitrogens with zero attached hydrogens (tertiary/aromatic N) is 1. The van der Waals surface area contributed by atoms with Crippen molar-refractivity contribution in [2.24, 2.45) is 0 Å². The molecular formula is C19H23NO6. The van der Waals surface area contributed by atoms with Crippen LogP contribution in [-0.4, -0.2) is 58.4 Å². The predicted octanol–water partition coefficient (Wildman–Crippen LogP) is 2.02. The van der Waals surface area contributed by atoms with Gasteiger partial charge in [0.05, 0.1) is 39.1 Å². The largest absolute Gasteiger partial charge is 0.493 e. The Balaban J connectivity index is 2.58. The van der Waals surface area contributed by atoms with E-state index in [1.54, 1.807) is 38.3 Å². The summed E-state index contributed by atoms with van der Waals surface area (Å²) in [6.07, 6.45) is 1.62. The van der Waals surface area contributed by atoms with Crippen LogP contribution in [0.1, 0.15) is 12.5 Å². The third-order valence-corrected chi connectivity index (χ3v) is 4.15. The van der Waals surface area contributed by atoms with Crippen molar-refractivity contribution in [2.45, 2.75) is 6.92 Å². The molecule has 0 aromatic heterocycles. The topological polar surface area (TPSA) is 74.3 Å². The van der Waals surface area contributed by atoms with Gasteiger partial charge in [0.15, 0.2) is 11.5 Å². The van der Waals surface area contributed by atoms with Crippen molar-refractivity contribution in [1.29, 1.82) is 0 Å². The molecule has 0 aliphatic carbocycles. The Labute approximate surface area is 152 Å². The molecule has 2 rings (SSSR count). The molecule has 1 aromatic carbocycles. The molecule has 0 N–H and O–H groups in total. The maximum absolute atomic E-state index is 12.9. The molecule has 0 unspecified atom stereocenters. The third kappa shape index (κ3) is 3.57. The molecule has 1 amide bonds. The van der Waals surface area contributed by atoms with Crippen molar-refractivity contribution < 1.29 is 28.5 Å². The van der Waals surface area contributed by atoms with Crippen LogP contribution in [0.25, 0.3) is 6.08 Å². The van der Waals surface area contributed by atoms with Gasteiger partial charge in [0.25, 0.3) is 5.91 Å². The second-order valence-electron chi connectivity index (χ2n) is 5.54. The zero-order chi connectivity index (χ0) is 19.3. The third-order valence-electron chi connectivity index (χ3n) is 4.15. The van der Waals surface area contributed by atoms with E-state index >= 15 is 0 Å². The first-order valence-electron chi connectivity index (χ1n) is 8.03. The van der Waals surface area contributed by atoms with Gasteiger partial charge in [-0.1, -0.05) is 12.1 Å². The monoisotopic (exact) mass is 361 g/mol. The Morgan fingerprint density at radius 2 is 1.88 bits per heavy atom. The summed E-state index contributed by atoms with van der Waals surface area (Å²) < 4.78 is 20.6. The number of amides is 1. The quantitative estimate of drug-likeness (QED) is 0.546. The molecule has 1 aliphatic heterocycles. The van der Waals surface area contributed by atoms with Crippen LogP contribution in [0, 0.1) is 0 Å². The highest BCUT2D eigenvalue weighted by Crippen LogP contribution is 2.36. The lowest BCUT2D eigenvalue weighted by Gasteiger charge is -2.17. The summed E-state index contributed by atoms with van der Waals surface area (Å²) in [6.45, 7) is 2.41. The van der Waals surface area contributed by atoms with Gasteiger partial charge in [0.1, 0.15) is 0 Å². The highest BCUT2D eigenvalue weighted by Gasteiger charge is 2.37. The smallest absolute Gasteiger partial charge is 0.340 e. The molecule has 26 heavy (non-hydrogen) atoms. The lowest BCUT2D eigenvalue weighted by Crippen LogP contribution is -2.28. The van der Waals surface area contributed by atoms with Crippen molar-refractivity contribution in [1.82, 2.24) is 4.90 Å². The molecular weight excluding hydrogens is 338 g/mol. The molecule has 0 fully saturated rings. The maximum atomic E-state index is 12.9. The Bertz CT molecular complexity index is 765. The fraction of sp³-hybridized carbons (Fsp3) is 0.368. The molecule has 0 saturated heterocycles. The minimum atomic E-state index is -0.566. The van der Waals surface area contributed by atoms with Gasteiger partial charge in [-0.25, -0.2) is 4.79 Å². The summed E-state index contributed by atoms with van der Waals surface area (Å²) in [5, 5.41) is 0. The molecule has 0 radical (unpaired) electrons. The fourth-order valence-corrected chi connectivity index (χ4v) is 2.86. The van der Waals surface area contributed by atoms with Gasteiger partial charge in [0.2, 0.25) is 0 Å². The number of carbonyl (C=O) groups is 2. The molecule has 7 heteroatoms. The van der Waals surface area contributed by atoms with Crippen molar-refractivity contribution in [3.63, 3.8) is 0 Å². The minimum absolute atomic E-state index is 0.235. The van der Waals surface area contributed by atoms with Gasteiger partial charge in [0, 0.05) is 24.9 Å². The molecule has 0 atom stereocenters. The van der Waals surface area contributed by atoms with E-state index in [2.05, 4.69) is 0 Å². The van der Waals surface area contributed by atoms with Gasteiger partial charge in [-0.15, -0.1) is 0 Å².